The van der Waals surface area contributed by atoms with Crippen LogP contribution in [0.4, 0.5) is 4.39 Å². The van der Waals surface area contributed by atoms with Crippen LogP contribution in [0.25, 0.3) is 0 Å². The molecule has 0 aliphatic rings. The Morgan fingerprint density at radius 1 is 1.16 bits per heavy atom. The molecule has 1 heterocycles. The fourth-order valence-electron chi connectivity index (χ4n) is 1.99. The summed E-state index contributed by atoms with van der Waals surface area (Å²) in [6.07, 6.45) is 2.57. The lowest BCUT2D eigenvalue weighted by Crippen LogP contribution is -2.38. The van der Waals surface area contributed by atoms with E-state index in [9.17, 15) is 4.39 Å². The van der Waals surface area contributed by atoms with Crippen LogP contribution in [0.3, 0.4) is 0 Å². The van der Waals surface area contributed by atoms with Crippen LogP contribution in [0.1, 0.15) is 19.0 Å². The number of aliphatic imine (C=N–C) groups is 1. The molecule has 7 heteroatoms. The Morgan fingerprint density at radius 3 is 2.64 bits per heavy atom. The van der Waals surface area contributed by atoms with E-state index in [0.717, 1.165) is 31.2 Å². The Bertz CT molecular complexity index is 623. The third-order valence-electron chi connectivity index (χ3n) is 3.17. The molecule has 0 atom stereocenters. The molecule has 136 valence electrons. The predicted molar refractivity (Wildman–Crippen MR) is 109 cm³/mol. The normalized spacial score (nSPS) is 10.7. The Hall–Kier alpha value is -1.90. The molecule has 0 aliphatic carbocycles. The van der Waals surface area contributed by atoms with E-state index in [1.165, 1.54) is 12.1 Å². The van der Waals surface area contributed by atoms with Gasteiger partial charge in [-0.2, -0.15) is 0 Å². The van der Waals surface area contributed by atoms with Gasteiger partial charge in [-0.1, -0.05) is 6.07 Å². The molecular formula is C18H24FIN4O. The van der Waals surface area contributed by atoms with E-state index >= 15 is 0 Å². The second kappa shape index (κ2) is 12.5. The van der Waals surface area contributed by atoms with Crippen molar-refractivity contribution in [3.05, 3.63) is 60.2 Å². The van der Waals surface area contributed by atoms with Gasteiger partial charge >= 0.3 is 0 Å². The molecule has 0 saturated heterocycles. The maximum atomic E-state index is 12.8. The Kier molecular flexibility index (Phi) is 10.5. The molecule has 1 aromatic carbocycles. The van der Waals surface area contributed by atoms with Gasteiger partial charge < -0.3 is 15.4 Å². The quantitative estimate of drug-likeness (QED) is 0.276. The summed E-state index contributed by atoms with van der Waals surface area (Å²) < 4.78 is 18.4. The Balaban J connectivity index is 0.00000312. The number of rotatable bonds is 8. The molecule has 0 unspecified atom stereocenters. The van der Waals surface area contributed by atoms with Crippen molar-refractivity contribution in [3.8, 4) is 5.75 Å². The molecule has 0 saturated carbocycles. The standard InChI is InChI=1S/C18H23FN4O.HI/c1-2-20-18(23-14-16-6-3-4-11-21-16)22-12-5-13-24-17-9-7-15(19)8-10-17;/h3-4,6-11H,2,5,12-14H2,1H3,(H2,20,22,23);1H. The van der Waals surface area contributed by atoms with Crippen molar-refractivity contribution in [2.75, 3.05) is 19.7 Å². The summed E-state index contributed by atoms with van der Waals surface area (Å²) in [5, 5.41) is 6.45. The van der Waals surface area contributed by atoms with Crippen LogP contribution in [0, 0.1) is 5.82 Å². The first-order chi connectivity index (χ1) is 11.8. The van der Waals surface area contributed by atoms with Gasteiger partial charge in [-0.15, -0.1) is 24.0 Å². The number of guanidine groups is 1. The van der Waals surface area contributed by atoms with E-state index in [0.29, 0.717) is 18.9 Å². The largest absolute Gasteiger partial charge is 0.494 e. The molecule has 5 nitrogen and oxygen atoms in total. The lowest BCUT2D eigenvalue weighted by Gasteiger charge is -2.11. The second-order valence-corrected chi connectivity index (χ2v) is 5.10. The highest BCUT2D eigenvalue weighted by Crippen LogP contribution is 2.10. The number of halogens is 2. The van der Waals surface area contributed by atoms with Crippen LogP contribution in [0.2, 0.25) is 0 Å². The van der Waals surface area contributed by atoms with Gasteiger partial charge in [-0.05, 0) is 49.7 Å². The van der Waals surface area contributed by atoms with Crippen molar-refractivity contribution >= 4 is 29.9 Å². The SMILES string of the molecule is CCNC(=NCc1ccccn1)NCCCOc1ccc(F)cc1.I. The summed E-state index contributed by atoms with van der Waals surface area (Å²) in [5.74, 6) is 1.17. The van der Waals surface area contributed by atoms with E-state index in [1.807, 2.05) is 25.1 Å². The van der Waals surface area contributed by atoms with Gasteiger partial charge in [-0.25, -0.2) is 9.38 Å². The molecule has 0 amide bonds. The van der Waals surface area contributed by atoms with E-state index in [-0.39, 0.29) is 29.8 Å². The van der Waals surface area contributed by atoms with E-state index in [2.05, 4.69) is 20.6 Å². The molecule has 2 rings (SSSR count). The first kappa shape index (κ1) is 21.1. The Labute approximate surface area is 165 Å². The number of aromatic nitrogens is 1. The molecule has 0 fully saturated rings. The number of benzene rings is 1. The molecule has 0 radical (unpaired) electrons. The third kappa shape index (κ3) is 8.67. The summed E-state index contributed by atoms with van der Waals surface area (Å²) in [7, 11) is 0. The topological polar surface area (TPSA) is 58.5 Å². The summed E-state index contributed by atoms with van der Waals surface area (Å²) in [6, 6.07) is 11.8. The first-order valence-electron chi connectivity index (χ1n) is 8.08. The second-order valence-electron chi connectivity index (χ2n) is 5.10. The summed E-state index contributed by atoms with van der Waals surface area (Å²) in [6.45, 7) is 4.63. The minimum Gasteiger partial charge on any atom is -0.494 e. The molecule has 1 aromatic heterocycles. The maximum Gasteiger partial charge on any atom is 0.191 e. The van der Waals surface area contributed by atoms with Crippen LogP contribution in [0.15, 0.2) is 53.7 Å². The monoisotopic (exact) mass is 458 g/mol. The fourth-order valence-corrected chi connectivity index (χ4v) is 1.99. The molecule has 0 spiro atoms. The lowest BCUT2D eigenvalue weighted by molar-refractivity contribution is 0.310. The van der Waals surface area contributed by atoms with Crippen molar-refractivity contribution in [2.45, 2.75) is 19.9 Å². The van der Waals surface area contributed by atoms with Gasteiger partial charge in [0.15, 0.2) is 5.96 Å². The van der Waals surface area contributed by atoms with E-state index in [4.69, 9.17) is 4.74 Å². The maximum absolute atomic E-state index is 12.8. The highest BCUT2D eigenvalue weighted by molar-refractivity contribution is 14.0. The smallest absolute Gasteiger partial charge is 0.191 e. The molecule has 25 heavy (non-hydrogen) atoms. The van der Waals surface area contributed by atoms with Crippen molar-refractivity contribution in [1.82, 2.24) is 15.6 Å². The highest BCUT2D eigenvalue weighted by Gasteiger charge is 1.99. The van der Waals surface area contributed by atoms with E-state index in [1.54, 1.807) is 18.3 Å². The Morgan fingerprint density at radius 2 is 1.96 bits per heavy atom. The third-order valence-corrected chi connectivity index (χ3v) is 3.17. The molecule has 0 aliphatic heterocycles. The van der Waals surface area contributed by atoms with Gasteiger partial charge in [0, 0.05) is 19.3 Å². The van der Waals surface area contributed by atoms with Crippen LogP contribution >= 0.6 is 24.0 Å². The van der Waals surface area contributed by atoms with Crippen LogP contribution in [-0.4, -0.2) is 30.6 Å². The molecule has 2 N–H and O–H groups in total. The fraction of sp³-hybridized carbons (Fsp3) is 0.333. The predicted octanol–water partition coefficient (Wildman–Crippen LogP) is 3.36. The van der Waals surface area contributed by atoms with Gasteiger partial charge in [0.25, 0.3) is 0 Å². The van der Waals surface area contributed by atoms with Crippen molar-refractivity contribution in [3.63, 3.8) is 0 Å². The van der Waals surface area contributed by atoms with Crippen molar-refractivity contribution < 1.29 is 9.13 Å². The first-order valence-corrected chi connectivity index (χ1v) is 8.08. The van der Waals surface area contributed by atoms with Crippen molar-refractivity contribution in [2.24, 2.45) is 4.99 Å². The minimum absolute atomic E-state index is 0. The molecular weight excluding hydrogens is 434 g/mol. The van der Waals surface area contributed by atoms with Gasteiger partial charge in [0.05, 0.1) is 18.8 Å². The number of nitrogens with one attached hydrogen (secondary N) is 2. The molecule has 2 aromatic rings. The van der Waals surface area contributed by atoms with Gasteiger partial charge in [-0.3, -0.25) is 4.98 Å². The summed E-state index contributed by atoms with van der Waals surface area (Å²) >= 11 is 0. The van der Waals surface area contributed by atoms with Crippen LogP contribution < -0.4 is 15.4 Å². The number of ether oxygens (including phenoxy) is 1. The zero-order chi connectivity index (χ0) is 17.0. The zero-order valence-electron chi connectivity index (χ0n) is 14.2. The zero-order valence-corrected chi connectivity index (χ0v) is 16.6. The van der Waals surface area contributed by atoms with Gasteiger partial charge in [0.2, 0.25) is 0 Å². The lowest BCUT2D eigenvalue weighted by atomic mass is 10.3. The minimum atomic E-state index is -0.261. The van der Waals surface area contributed by atoms with Crippen LogP contribution in [0.5, 0.6) is 5.75 Å². The molecule has 0 bridgehead atoms. The van der Waals surface area contributed by atoms with Crippen molar-refractivity contribution in [1.29, 1.82) is 0 Å². The number of pyridine rings is 1. The van der Waals surface area contributed by atoms with Crippen LogP contribution in [-0.2, 0) is 6.54 Å². The number of nitrogens with zero attached hydrogens (tertiary/aromatic N) is 2. The van der Waals surface area contributed by atoms with Gasteiger partial charge in [0.1, 0.15) is 11.6 Å². The summed E-state index contributed by atoms with van der Waals surface area (Å²) in [4.78, 5) is 8.75. The summed E-state index contributed by atoms with van der Waals surface area (Å²) in [5.41, 5.74) is 0.925. The average Bonchev–Trinajstić information content (AvgIpc) is 2.62. The number of hydrogen-bond donors (Lipinski definition) is 2. The highest BCUT2D eigenvalue weighted by atomic mass is 127. The van der Waals surface area contributed by atoms with E-state index < -0.39 is 0 Å². The average molecular weight is 458 g/mol. The number of hydrogen-bond acceptors (Lipinski definition) is 3.